The van der Waals surface area contributed by atoms with E-state index >= 15 is 0 Å². The Kier molecular flexibility index (Phi) is 4.78. The lowest BCUT2D eigenvalue weighted by atomic mass is 10.1. The Hall–Kier alpha value is -2.44. The molecule has 2 aromatic carbocycles. The van der Waals surface area contributed by atoms with E-state index in [2.05, 4.69) is 5.32 Å². The van der Waals surface area contributed by atoms with Crippen LogP contribution in [0.2, 0.25) is 0 Å². The van der Waals surface area contributed by atoms with Crippen molar-refractivity contribution in [3.8, 4) is 5.75 Å². The van der Waals surface area contributed by atoms with Crippen molar-refractivity contribution in [2.24, 2.45) is 0 Å². The lowest BCUT2D eigenvalue weighted by molar-refractivity contribution is 0.102. The largest absolute Gasteiger partial charge is 0.497 e. The molecule has 0 spiro atoms. The number of nitrogens with one attached hydrogen (secondary N) is 1. The molecule has 0 saturated carbocycles. The molecule has 1 amide bonds. The number of benzene rings is 2. The highest BCUT2D eigenvalue weighted by Crippen LogP contribution is 2.34. The number of amides is 1. The van der Waals surface area contributed by atoms with Crippen molar-refractivity contribution in [1.29, 1.82) is 0 Å². The number of anilines is 1. The molecule has 0 aliphatic heterocycles. The van der Waals surface area contributed by atoms with E-state index in [0.29, 0.717) is 27.3 Å². The Morgan fingerprint density at radius 3 is 2.75 bits per heavy atom. The van der Waals surface area contributed by atoms with E-state index in [1.54, 1.807) is 43.5 Å². The lowest BCUT2D eigenvalue weighted by Gasteiger charge is -2.07. The number of ether oxygens (including phenoxy) is 2. The second-order valence-corrected chi connectivity index (χ2v) is 6.19. The van der Waals surface area contributed by atoms with E-state index in [0.717, 1.165) is 4.70 Å². The van der Waals surface area contributed by atoms with Crippen LogP contribution in [-0.2, 0) is 11.3 Å². The first-order chi connectivity index (χ1) is 11.6. The van der Waals surface area contributed by atoms with Gasteiger partial charge in [0.2, 0.25) is 0 Å². The standard InChI is InChI=1S/C18H16FNO3S/c1-22-10-13-16-14(19)7-4-8-15(16)24-17(13)18(21)20-11-5-3-6-12(9-11)23-2/h3-9H,10H2,1-2H3,(H,20,21). The average Bonchev–Trinajstić information content (AvgIpc) is 2.95. The second kappa shape index (κ2) is 6.98. The molecule has 4 nitrogen and oxygen atoms in total. The topological polar surface area (TPSA) is 47.6 Å². The molecule has 24 heavy (non-hydrogen) atoms. The van der Waals surface area contributed by atoms with Gasteiger partial charge in [0.25, 0.3) is 5.91 Å². The summed E-state index contributed by atoms with van der Waals surface area (Å²) >= 11 is 1.25. The van der Waals surface area contributed by atoms with Gasteiger partial charge in [-0.25, -0.2) is 4.39 Å². The summed E-state index contributed by atoms with van der Waals surface area (Å²) < 4.78 is 25.2. The van der Waals surface area contributed by atoms with Crippen LogP contribution in [0.1, 0.15) is 15.2 Å². The average molecular weight is 345 g/mol. The fourth-order valence-electron chi connectivity index (χ4n) is 2.52. The van der Waals surface area contributed by atoms with Gasteiger partial charge in [0, 0.05) is 34.5 Å². The van der Waals surface area contributed by atoms with Crippen molar-refractivity contribution in [3.05, 3.63) is 58.7 Å². The number of fused-ring (bicyclic) bond motifs is 1. The molecule has 6 heteroatoms. The van der Waals surface area contributed by atoms with E-state index < -0.39 is 0 Å². The number of hydrogen-bond acceptors (Lipinski definition) is 4. The number of rotatable bonds is 5. The van der Waals surface area contributed by atoms with Gasteiger partial charge in [0.1, 0.15) is 11.6 Å². The minimum Gasteiger partial charge on any atom is -0.497 e. The molecule has 3 aromatic rings. The molecule has 1 heterocycles. The molecule has 1 aromatic heterocycles. The van der Waals surface area contributed by atoms with Gasteiger partial charge < -0.3 is 14.8 Å². The van der Waals surface area contributed by atoms with E-state index in [9.17, 15) is 9.18 Å². The van der Waals surface area contributed by atoms with E-state index in [-0.39, 0.29) is 18.3 Å². The van der Waals surface area contributed by atoms with Gasteiger partial charge in [0.05, 0.1) is 18.6 Å². The van der Waals surface area contributed by atoms with Gasteiger partial charge in [-0.15, -0.1) is 11.3 Å². The monoisotopic (exact) mass is 345 g/mol. The molecule has 0 bridgehead atoms. The fourth-order valence-corrected chi connectivity index (χ4v) is 3.64. The van der Waals surface area contributed by atoms with Crippen molar-refractivity contribution in [2.75, 3.05) is 19.5 Å². The first-order valence-electron chi connectivity index (χ1n) is 7.28. The lowest BCUT2D eigenvalue weighted by Crippen LogP contribution is -2.12. The van der Waals surface area contributed by atoms with Crippen LogP contribution in [0.4, 0.5) is 10.1 Å². The molecular weight excluding hydrogens is 329 g/mol. The molecule has 0 aliphatic carbocycles. The van der Waals surface area contributed by atoms with Gasteiger partial charge in [-0.2, -0.15) is 0 Å². The highest BCUT2D eigenvalue weighted by molar-refractivity contribution is 7.21. The van der Waals surface area contributed by atoms with Crippen LogP contribution < -0.4 is 10.1 Å². The quantitative estimate of drug-likeness (QED) is 0.743. The molecule has 0 saturated heterocycles. The van der Waals surface area contributed by atoms with E-state index in [1.807, 2.05) is 0 Å². The maximum atomic E-state index is 14.2. The predicted molar refractivity (Wildman–Crippen MR) is 93.4 cm³/mol. The maximum absolute atomic E-state index is 14.2. The number of thiophene rings is 1. The molecule has 0 fully saturated rings. The first-order valence-corrected chi connectivity index (χ1v) is 8.10. The molecule has 0 atom stereocenters. The van der Waals surface area contributed by atoms with Crippen LogP contribution in [0.5, 0.6) is 5.75 Å². The van der Waals surface area contributed by atoms with Crippen LogP contribution in [0.3, 0.4) is 0 Å². The van der Waals surface area contributed by atoms with Crippen LogP contribution >= 0.6 is 11.3 Å². The van der Waals surface area contributed by atoms with Gasteiger partial charge in [0.15, 0.2) is 0 Å². The number of carbonyl (C=O) groups is 1. The van der Waals surface area contributed by atoms with Gasteiger partial charge in [-0.3, -0.25) is 4.79 Å². The molecule has 0 unspecified atom stereocenters. The predicted octanol–water partition coefficient (Wildman–Crippen LogP) is 4.45. The first kappa shape index (κ1) is 16.4. The Labute approximate surface area is 142 Å². The Bertz CT molecular complexity index is 891. The third-order valence-electron chi connectivity index (χ3n) is 3.59. The molecule has 1 N–H and O–H groups in total. The van der Waals surface area contributed by atoms with E-state index in [1.165, 1.54) is 24.5 Å². The zero-order valence-electron chi connectivity index (χ0n) is 13.3. The van der Waals surface area contributed by atoms with Crippen molar-refractivity contribution in [2.45, 2.75) is 6.61 Å². The van der Waals surface area contributed by atoms with E-state index in [4.69, 9.17) is 9.47 Å². The highest BCUT2D eigenvalue weighted by atomic mass is 32.1. The minimum atomic E-state index is -0.351. The molecule has 0 aliphatic rings. The third kappa shape index (κ3) is 3.11. The summed E-state index contributed by atoms with van der Waals surface area (Å²) in [7, 11) is 3.08. The normalized spacial score (nSPS) is 10.8. The van der Waals surface area contributed by atoms with Crippen molar-refractivity contribution < 1.29 is 18.7 Å². The summed E-state index contributed by atoms with van der Waals surface area (Å²) in [5.74, 6) is -0.000524. The third-order valence-corrected chi connectivity index (χ3v) is 4.78. The molecule has 124 valence electrons. The summed E-state index contributed by atoms with van der Waals surface area (Å²) in [5, 5.41) is 3.27. The van der Waals surface area contributed by atoms with Gasteiger partial charge >= 0.3 is 0 Å². The summed E-state index contributed by atoms with van der Waals surface area (Å²) in [6.07, 6.45) is 0. The number of hydrogen-bond donors (Lipinski definition) is 1. The minimum absolute atomic E-state index is 0.168. The molecule has 0 radical (unpaired) electrons. The van der Waals surface area contributed by atoms with Crippen LogP contribution in [0, 0.1) is 5.82 Å². The van der Waals surface area contributed by atoms with Crippen LogP contribution in [-0.4, -0.2) is 20.1 Å². The zero-order valence-corrected chi connectivity index (χ0v) is 14.1. The van der Waals surface area contributed by atoms with Crippen LogP contribution in [0.25, 0.3) is 10.1 Å². The highest BCUT2D eigenvalue weighted by Gasteiger charge is 2.20. The summed E-state index contributed by atoms with van der Waals surface area (Å²) in [6, 6.07) is 11.9. The van der Waals surface area contributed by atoms with Gasteiger partial charge in [-0.1, -0.05) is 12.1 Å². The van der Waals surface area contributed by atoms with Crippen molar-refractivity contribution >= 4 is 33.0 Å². The summed E-state index contributed by atoms with van der Waals surface area (Å²) in [6.45, 7) is 0.168. The molecule has 3 rings (SSSR count). The SMILES string of the molecule is COCc1c(C(=O)Nc2cccc(OC)c2)sc2cccc(F)c12. The van der Waals surface area contributed by atoms with Gasteiger partial charge in [-0.05, 0) is 24.3 Å². The smallest absolute Gasteiger partial charge is 0.266 e. The Morgan fingerprint density at radius 1 is 1.21 bits per heavy atom. The zero-order chi connectivity index (χ0) is 17.1. The second-order valence-electron chi connectivity index (χ2n) is 5.14. The van der Waals surface area contributed by atoms with Crippen LogP contribution in [0.15, 0.2) is 42.5 Å². The Balaban J connectivity index is 1.99. The van der Waals surface area contributed by atoms with Crippen molar-refractivity contribution in [3.63, 3.8) is 0 Å². The number of carbonyl (C=O) groups excluding carboxylic acids is 1. The summed E-state index contributed by atoms with van der Waals surface area (Å²) in [4.78, 5) is 13.1. The number of halogens is 1. The maximum Gasteiger partial charge on any atom is 0.266 e. The Morgan fingerprint density at radius 2 is 2.00 bits per heavy atom. The number of methoxy groups -OCH3 is 2. The van der Waals surface area contributed by atoms with Crippen molar-refractivity contribution in [1.82, 2.24) is 0 Å². The molecular formula is C18H16FNO3S. The fraction of sp³-hybridized carbons (Fsp3) is 0.167. The summed E-state index contributed by atoms with van der Waals surface area (Å²) in [5.41, 5.74) is 1.18.